The second-order valence-electron chi connectivity index (χ2n) is 6.57. The van der Waals surface area contributed by atoms with Gasteiger partial charge in [-0.15, -0.1) is 0 Å². The first kappa shape index (κ1) is 13.2. The summed E-state index contributed by atoms with van der Waals surface area (Å²) in [4.78, 5) is 0. The van der Waals surface area contributed by atoms with Crippen molar-refractivity contribution in [3.05, 3.63) is 17.5 Å². The van der Waals surface area contributed by atoms with Gasteiger partial charge in [0.05, 0.1) is 11.7 Å². The number of nitrogens with two attached hydrogens (primary N) is 1. The van der Waals surface area contributed by atoms with Crippen LogP contribution >= 0.6 is 0 Å². The molecule has 0 bridgehead atoms. The SMILES string of the molecule is CC(N)c1cnn(C(C)(C)C)c1C(C)(C)C. The van der Waals surface area contributed by atoms with E-state index in [2.05, 4.69) is 51.3 Å². The highest BCUT2D eigenvalue weighted by Crippen LogP contribution is 2.32. The third-order valence-electron chi connectivity index (χ3n) is 2.63. The van der Waals surface area contributed by atoms with Crippen LogP contribution in [0, 0.1) is 0 Å². The van der Waals surface area contributed by atoms with Gasteiger partial charge in [0.1, 0.15) is 0 Å². The Labute approximate surface area is 99.0 Å². The fourth-order valence-electron chi connectivity index (χ4n) is 1.95. The fraction of sp³-hybridized carbons (Fsp3) is 0.769. The summed E-state index contributed by atoms with van der Waals surface area (Å²) in [7, 11) is 0. The zero-order valence-corrected chi connectivity index (χ0v) is 11.6. The van der Waals surface area contributed by atoms with Crippen LogP contribution in [-0.4, -0.2) is 9.78 Å². The van der Waals surface area contributed by atoms with Crippen LogP contribution < -0.4 is 5.73 Å². The van der Waals surface area contributed by atoms with E-state index < -0.39 is 0 Å². The Bertz CT molecular complexity index is 362. The molecule has 1 unspecified atom stereocenters. The van der Waals surface area contributed by atoms with Gasteiger partial charge in [-0.25, -0.2) is 0 Å². The van der Waals surface area contributed by atoms with Crippen LogP contribution in [0.15, 0.2) is 6.20 Å². The molecule has 1 rings (SSSR count). The van der Waals surface area contributed by atoms with E-state index in [1.54, 1.807) is 0 Å². The summed E-state index contributed by atoms with van der Waals surface area (Å²) in [5.74, 6) is 0. The van der Waals surface area contributed by atoms with Crippen molar-refractivity contribution >= 4 is 0 Å². The summed E-state index contributed by atoms with van der Waals surface area (Å²) in [5.41, 5.74) is 8.47. The summed E-state index contributed by atoms with van der Waals surface area (Å²) in [6, 6.07) is 0.0327. The highest BCUT2D eigenvalue weighted by atomic mass is 15.3. The Morgan fingerprint density at radius 3 is 2.00 bits per heavy atom. The Hall–Kier alpha value is -0.830. The van der Waals surface area contributed by atoms with Crippen LogP contribution in [0.1, 0.15) is 65.8 Å². The molecule has 0 aliphatic heterocycles. The molecule has 3 nitrogen and oxygen atoms in total. The van der Waals surface area contributed by atoms with E-state index in [0.717, 1.165) is 5.56 Å². The van der Waals surface area contributed by atoms with E-state index in [4.69, 9.17) is 5.73 Å². The Balaban J connectivity index is 3.44. The standard InChI is InChI=1S/C13H25N3/c1-9(14)10-8-15-16(13(5,6)7)11(10)12(2,3)4/h8-9H,14H2,1-7H3. The predicted molar refractivity (Wildman–Crippen MR) is 68.5 cm³/mol. The number of rotatable bonds is 1. The van der Waals surface area contributed by atoms with Gasteiger partial charge in [-0.3, -0.25) is 4.68 Å². The first-order valence-corrected chi connectivity index (χ1v) is 5.89. The van der Waals surface area contributed by atoms with Crippen molar-refractivity contribution < 1.29 is 0 Å². The smallest absolute Gasteiger partial charge is 0.0547 e. The number of aromatic nitrogens is 2. The largest absolute Gasteiger partial charge is 0.324 e. The molecular formula is C13H25N3. The van der Waals surface area contributed by atoms with Crippen LogP contribution in [0.25, 0.3) is 0 Å². The van der Waals surface area contributed by atoms with E-state index >= 15 is 0 Å². The third-order valence-corrected chi connectivity index (χ3v) is 2.63. The van der Waals surface area contributed by atoms with Gasteiger partial charge in [-0.1, -0.05) is 20.8 Å². The summed E-state index contributed by atoms with van der Waals surface area (Å²) in [6.45, 7) is 15.1. The van der Waals surface area contributed by atoms with Gasteiger partial charge in [-0.2, -0.15) is 5.10 Å². The Morgan fingerprint density at radius 1 is 1.19 bits per heavy atom. The normalized spacial score (nSPS) is 15.2. The van der Waals surface area contributed by atoms with Gasteiger partial charge in [0, 0.05) is 22.7 Å². The monoisotopic (exact) mass is 223 g/mol. The maximum absolute atomic E-state index is 6.01. The van der Waals surface area contributed by atoms with Crippen molar-refractivity contribution in [1.82, 2.24) is 9.78 Å². The minimum atomic E-state index is -0.00421. The molecule has 16 heavy (non-hydrogen) atoms. The Morgan fingerprint density at radius 2 is 1.69 bits per heavy atom. The minimum Gasteiger partial charge on any atom is -0.324 e. The van der Waals surface area contributed by atoms with Crippen LogP contribution in [0.2, 0.25) is 0 Å². The van der Waals surface area contributed by atoms with Crippen molar-refractivity contribution in [3.63, 3.8) is 0 Å². The average molecular weight is 223 g/mol. The highest BCUT2D eigenvalue weighted by Gasteiger charge is 2.29. The second kappa shape index (κ2) is 3.88. The summed E-state index contributed by atoms with van der Waals surface area (Å²) >= 11 is 0. The highest BCUT2D eigenvalue weighted by molar-refractivity contribution is 5.28. The van der Waals surface area contributed by atoms with Gasteiger partial charge in [0.2, 0.25) is 0 Å². The molecule has 1 aromatic heterocycles. The average Bonchev–Trinajstić information content (AvgIpc) is 2.43. The summed E-state index contributed by atoms with van der Waals surface area (Å²) < 4.78 is 2.10. The van der Waals surface area contributed by atoms with E-state index in [9.17, 15) is 0 Å². The number of hydrogen-bond donors (Lipinski definition) is 1. The van der Waals surface area contributed by atoms with Crippen molar-refractivity contribution in [1.29, 1.82) is 0 Å². The van der Waals surface area contributed by atoms with Crippen molar-refractivity contribution in [2.24, 2.45) is 5.73 Å². The van der Waals surface area contributed by atoms with E-state index in [1.807, 2.05) is 13.1 Å². The zero-order chi connectivity index (χ0) is 12.7. The molecule has 0 radical (unpaired) electrons. The molecule has 0 aromatic carbocycles. The van der Waals surface area contributed by atoms with Gasteiger partial charge in [0.15, 0.2) is 0 Å². The van der Waals surface area contributed by atoms with Crippen LogP contribution in [0.5, 0.6) is 0 Å². The molecule has 0 aliphatic carbocycles. The first-order valence-electron chi connectivity index (χ1n) is 5.89. The molecule has 92 valence electrons. The van der Waals surface area contributed by atoms with Crippen LogP contribution in [-0.2, 0) is 11.0 Å². The van der Waals surface area contributed by atoms with Gasteiger partial charge in [-0.05, 0) is 27.7 Å². The lowest BCUT2D eigenvalue weighted by atomic mass is 9.86. The Kier molecular flexibility index (Phi) is 3.21. The second-order valence-corrected chi connectivity index (χ2v) is 6.57. The molecule has 0 spiro atoms. The zero-order valence-electron chi connectivity index (χ0n) is 11.6. The molecule has 0 fully saturated rings. The molecule has 0 amide bonds. The van der Waals surface area contributed by atoms with Gasteiger partial charge < -0.3 is 5.73 Å². The number of hydrogen-bond acceptors (Lipinski definition) is 2. The molecule has 1 heterocycles. The maximum atomic E-state index is 6.01. The maximum Gasteiger partial charge on any atom is 0.0547 e. The molecule has 2 N–H and O–H groups in total. The van der Waals surface area contributed by atoms with Gasteiger partial charge >= 0.3 is 0 Å². The van der Waals surface area contributed by atoms with E-state index in [-0.39, 0.29) is 17.0 Å². The quantitative estimate of drug-likeness (QED) is 0.795. The first-order chi connectivity index (χ1) is 7.05. The predicted octanol–water partition coefficient (Wildman–Crippen LogP) is 2.96. The fourth-order valence-corrected chi connectivity index (χ4v) is 1.95. The minimum absolute atomic E-state index is 0.00421. The molecule has 0 saturated carbocycles. The van der Waals surface area contributed by atoms with Crippen molar-refractivity contribution in [2.45, 2.75) is 65.5 Å². The van der Waals surface area contributed by atoms with E-state index in [0.29, 0.717) is 0 Å². The molecular weight excluding hydrogens is 198 g/mol. The number of nitrogens with zero attached hydrogens (tertiary/aromatic N) is 2. The molecule has 3 heteroatoms. The lowest BCUT2D eigenvalue weighted by Gasteiger charge is -2.30. The summed E-state index contributed by atoms with van der Waals surface area (Å²) in [5, 5.41) is 4.51. The van der Waals surface area contributed by atoms with Crippen molar-refractivity contribution in [2.75, 3.05) is 0 Å². The van der Waals surface area contributed by atoms with Crippen LogP contribution in [0.3, 0.4) is 0 Å². The summed E-state index contributed by atoms with van der Waals surface area (Å²) in [6.07, 6.45) is 1.91. The topological polar surface area (TPSA) is 43.8 Å². The molecule has 1 atom stereocenters. The lowest BCUT2D eigenvalue weighted by Crippen LogP contribution is -2.31. The van der Waals surface area contributed by atoms with Gasteiger partial charge in [0.25, 0.3) is 0 Å². The third kappa shape index (κ3) is 2.46. The lowest BCUT2D eigenvalue weighted by molar-refractivity contribution is 0.321. The molecule has 0 saturated heterocycles. The molecule has 1 aromatic rings. The van der Waals surface area contributed by atoms with E-state index in [1.165, 1.54) is 5.69 Å². The van der Waals surface area contributed by atoms with Crippen molar-refractivity contribution in [3.8, 4) is 0 Å². The van der Waals surface area contributed by atoms with Crippen LogP contribution in [0.4, 0.5) is 0 Å². The molecule has 0 aliphatic rings.